The molecule has 3 aromatic rings. The average Bonchev–Trinajstić information content (AvgIpc) is 3.07. The van der Waals surface area contributed by atoms with Crippen molar-refractivity contribution in [3.63, 3.8) is 0 Å². The first-order chi connectivity index (χ1) is 21.4. The summed E-state index contributed by atoms with van der Waals surface area (Å²) in [6.45, 7) is 0.472. The molecular weight excluding hydrogens is 560 g/mol. The maximum atomic E-state index is 13.8. The first-order valence-corrected chi connectivity index (χ1v) is 15.3. The number of hydrogen-bond donors (Lipinski definition) is 0. The maximum Gasteiger partial charge on any atom is 0.329 e. The molecule has 0 saturated carbocycles. The first-order valence-electron chi connectivity index (χ1n) is 15.3. The molecule has 1 fully saturated rings. The Labute approximate surface area is 260 Å². The number of aryl methyl sites for hydroxylation is 2. The number of aromatic nitrogens is 2. The molecule has 0 radical (unpaired) electrons. The number of amides is 2. The highest BCUT2D eigenvalue weighted by atomic mass is 16.5. The summed E-state index contributed by atoms with van der Waals surface area (Å²) in [7, 11) is 6.27. The summed E-state index contributed by atoms with van der Waals surface area (Å²) in [6.07, 6.45) is 14.2. The number of urea groups is 1. The highest BCUT2D eigenvalue weighted by Gasteiger charge is 2.36. The molecule has 1 unspecified atom stereocenters. The second kappa shape index (κ2) is 16.5. The van der Waals surface area contributed by atoms with E-state index < -0.39 is 6.04 Å². The number of carbonyl (C=O) groups is 2. The molecule has 0 N–H and O–H groups in total. The van der Waals surface area contributed by atoms with Crippen LogP contribution in [0.5, 0.6) is 17.2 Å². The zero-order valence-electron chi connectivity index (χ0n) is 26.2. The van der Waals surface area contributed by atoms with E-state index in [1.807, 2.05) is 24.5 Å². The third-order valence-electron chi connectivity index (χ3n) is 8.06. The average molecular weight is 605 g/mol. The Morgan fingerprint density at radius 1 is 0.909 bits per heavy atom. The predicted octanol–water partition coefficient (Wildman–Crippen LogP) is 5.87. The maximum absolute atomic E-state index is 13.8. The monoisotopic (exact) mass is 604 g/mol. The number of anilines is 1. The van der Waals surface area contributed by atoms with Gasteiger partial charge in [0, 0.05) is 50.5 Å². The number of ether oxygens (including phenoxy) is 4. The lowest BCUT2D eigenvalue weighted by atomic mass is 10.0. The molecule has 1 aliphatic heterocycles. The predicted molar refractivity (Wildman–Crippen MR) is 168 cm³/mol. The van der Waals surface area contributed by atoms with Gasteiger partial charge in [-0.1, -0.05) is 12.1 Å². The van der Waals surface area contributed by atoms with E-state index in [1.165, 1.54) is 26.2 Å². The fourth-order valence-corrected chi connectivity index (χ4v) is 5.63. The fraction of sp³-hybridized carbons (Fsp3) is 0.471. The van der Waals surface area contributed by atoms with Crippen molar-refractivity contribution in [2.75, 3.05) is 39.8 Å². The number of likely N-dealkylation sites (tertiary alicyclic amines) is 1. The van der Waals surface area contributed by atoms with Gasteiger partial charge >= 0.3 is 12.0 Å². The van der Waals surface area contributed by atoms with Gasteiger partial charge in [0.25, 0.3) is 0 Å². The van der Waals surface area contributed by atoms with Gasteiger partial charge < -0.3 is 23.8 Å². The molecule has 1 atom stereocenters. The summed E-state index contributed by atoms with van der Waals surface area (Å²) in [5, 5.41) is 0. The highest BCUT2D eigenvalue weighted by Crippen LogP contribution is 2.41. The standard InChI is InChI=1S/C34H44N4O6/c1-37(27-21-30(41-2)32(43-4)31(22-27)42-3)34(40)38-20-6-5-17-29(38)33(39)44-28(15-7-11-25-13-9-18-35-23-25)16-8-12-26-14-10-19-36-24-26/h9-10,13-14,18-19,21-24,28-29H,5-8,11-12,15-17,20H2,1-4H3. The van der Waals surface area contributed by atoms with Crippen LogP contribution in [0.25, 0.3) is 0 Å². The van der Waals surface area contributed by atoms with Crippen LogP contribution >= 0.6 is 0 Å². The quantitative estimate of drug-likeness (QED) is 0.211. The molecule has 0 bridgehead atoms. The van der Waals surface area contributed by atoms with Crippen molar-refractivity contribution in [1.82, 2.24) is 14.9 Å². The summed E-state index contributed by atoms with van der Waals surface area (Å²) in [5.74, 6) is 0.981. The Hall–Kier alpha value is -4.34. The molecule has 0 aliphatic carbocycles. The number of methoxy groups -OCH3 is 3. The van der Waals surface area contributed by atoms with Crippen molar-refractivity contribution in [2.24, 2.45) is 0 Å². The molecule has 236 valence electrons. The first kappa shape index (κ1) is 32.6. The number of carbonyl (C=O) groups excluding carboxylic acids is 2. The molecule has 3 heterocycles. The van der Waals surface area contributed by atoms with E-state index in [-0.39, 0.29) is 18.1 Å². The molecule has 2 aromatic heterocycles. The minimum Gasteiger partial charge on any atom is -0.493 e. The van der Waals surface area contributed by atoms with Crippen molar-refractivity contribution >= 4 is 17.7 Å². The van der Waals surface area contributed by atoms with Gasteiger partial charge in [-0.3, -0.25) is 14.9 Å². The zero-order chi connectivity index (χ0) is 31.3. The van der Waals surface area contributed by atoms with Gasteiger partial charge in [0.1, 0.15) is 12.1 Å². The summed E-state index contributed by atoms with van der Waals surface area (Å²) < 4.78 is 22.6. The number of nitrogens with zero attached hydrogens (tertiary/aromatic N) is 4. The van der Waals surface area contributed by atoms with Gasteiger partial charge in [-0.05, 0) is 81.0 Å². The second-order valence-electron chi connectivity index (χ2n) is 11.0. The van der Waals surface area contributed by atoms with Crippen LogP contribution in [-0.4, -0.2) is 73.9 Å². The molecule has 1 aromatic carbocycles. The van der Waals surface area contributed by atoms with Gasteiger partial charge in [0.15, 0.2) is 11.5 Å². The Morgan fingerprint density at radius 3 is 2.00 bits per heavy atom. The van der Waals surface area contributed by atoms with Crippen molar-refractivity contribution in [1.29, 1.82) is 0 Å². The van der Waals surface area contributed by atoms with E-state index in [0.29, 0.717) is 35.9 Å². The largest absolute Gasteiger partial charge is 0.493 e. The van der Waals surface area contributed by atoms with Gasteiger partial charge in [0.2, 0.25) is 5.75 Å². The third-order valence-corrected chi connectivity index (χ3v) is 8.06. The smallest absolute Gasteiger partial charge is 0.329 e. The van der Waals surface area contributed by atoms with Crippen molar-refractivity contribution in [3.05, 3.63) is 72.3 Å². The van der Waals surface area contributed by atoms with Crippen LogP contribution in [0.1, 0.15) is 56.1 Å². The van der Waals surface area contributed by atoms with Crippen molar-refractivity contribution in [3.8, 4) is 17.2 Å². The van der Waals surface area contributed by atoms with Gasteiger partial charge in [0.05, 0.1) is 27.0 Å². The molecule has 4 rings (SSSR count). The molecule has 10 heteroatoms. The number of benzene rings is 1. The number of hydrogen-bond acceptors (Lipinski definition) is 8. The minimum atomic E-state index is -0.653. The lowest BCUT2D eigenvalue weighted by molar-refractivity contribution is -0.156. The Bertz CT molecular complexity index is 1270. The van der Waals surface area contributed by atoms with Crippen molar-refractivity contribution < 1.29 is 28.5 Å². The van der Waals surface area contributed by atoms with Crippen molar-refractivity contribution in [2.45, 2.75) is 69.9 Å². The number of esters is 1. The third kappa shape index (κ3) is 8.61. The minimum absolute atomic E-state index is 0.248. The van der Waals surface area contributed by atoms with E-state index in [4.69, 9.17) is 18.9 Å². The second-order valence-corrected chi connectivity index (χ2v) is 11.0. The van der Waals surface area contributed by atoms with E-state index in [0.717, 1.165) is 62.5 Å². The Balaban J connectivity index is 1.45. The molecule has 1 saturated heterocycles. The summed E-state index contributed by atoms with van der Waals surface area (Å²) in [4.78, 5) is 39.1. The van der Waals surface area contributed by atoms with E-state index >= 15 is 0 Å². The van der Waals surface area contributed by atoms with Gasteiger partial charge in [-0.2, -0.15) is 0 Å². The van der Waals surface area contributed by atoms with Crippen LogP contribution in [0.4, 0.5) is 10.5 Å². The normalized spacial score (nSPS) is 14.7. The molecular formula is C34H44N4O6. The molecule has 10 nitrogen and oxygen atoms in total. The Morgan fingerprint density at radius 2 is 1.50 bits per heavy atom. The lowest BCUT2D eigenvalue weighted by Crippen LogP contribution is -2.53. The van der Waals surface area contributed by atoms with E-state index in [2.05, 4.69) is 22.1 Å². The van der Waals surface area contributed by atoms with Gasteiger partial charge in [-0.25, -0.2) is 9.59 Å². The summed E-state index contributed by atoms with van der Waals surface area (Å²) >= 11 is 0. The van der Waals surface area contributed by atoms with Crippen LogP contribution in [0.2, 0.25) is 0 Å². The lowest BCUT2D eigenvalue weighted by Gasteiger charge is -2.37. The highest BCUT2D eigenvalue weighted by molar-refractivity contribution is 5.95. The van der Waals surface area contributed by atoms with Crippen LogP contribution in [0.15, 0.2) is 61.2 Å². The summed E-state index contributed by atoms with van der Waals surface area (Å²) in [5.41, 5.74) is 2.88. The van der Waals surface area contributed by atoms with Crippen LogP contribution < -0.4 is 19.1 Å². The fourth-order valence-electron chi connectivity index (χ4n) is 5.63. The topological polar surface area (TPSA) is 103 Å². The Kier molecular flexibility index (Phi) is 12.2. The molecule has 2 amide bonds. The number of rotatable bonds is 14. The van der Waals surface area contributed by atoms with Crippen LogP contribution in [0, 0.1) is 0 Å². The van der Waals surface area contributed by atoms with E-state index in [1.54, 1.807) is 36.5 Å². The zero-order valence-corrected chi connectivity index (χ0v) is 26.2. The van der Waals surface area contributed by atoms with E-state index in [9.17, 15) is 9.59 Å². The number of pyridine rings is 2. The van der Waals surface area contributed by atoms with Gasteiger partial charge in [-0.15, -0.1) is 0 Å². The molecule has 0 spiro atoms. The SMILES string of the molecule is COc1cc(N(C)C(=O)N2CCCCC2C(=O)OC(CCCc2cccnc2)CCCc2cccnc2)cc(OC)c1OC. The molecule has 1 aliphatic rings. The number of piperidine rings is 1. The van der Waals surface area contributed by atoms with Crippen LogP contribution in [0.3, 0.4) is 0 Å². The summed E-state index contributed by atoms with van der Waals surface area (Å²) in [6, 6.07) is 10.5. The van der Waals surface area contributed by atoms with Crippen LogP contribution in [-0.2, 0) is 22.4 Å². The molecule has 44 heavy (non-hydrogen) atoms.